The highest BCUT2D eigenvalue weighted by atomic mass is 32.1. The van der Waals surface area contributed by atoms with E-state index in [1.165, 1.54) is 28.9 Å². The lowest BCUT2D eigenvalue weighted by molar-refractivity contribution is 0.0323. The van der Waals surface area contributed by atoms with Crippen molar-refractivity contribution in [3.63, 3.8) is 0 Å². The Morgan fingerprint density at radius 3 is 2.88 bits per heavy atom. The molecule has 0 spiro atoms. The van der Waals surface area contributed by atoms with Crippen molar-refractivity contribution in [2.24, 2.45) is 0 Å². The van der Waals surface area contributed by atoms with E-state index in [1.54, 1.807) is 31.4 Å². The zero-order valence-electron chi connectivity index (χ0n) is 13.5. The van der Waals surface area contributed by atoms with E-state index in [-0.39, 0.29) is 12.1 Å². The van der Waals surface area contributed by atoms with Gasteiger partial charge in [-0.15, -0.1) is 11.3 Å². The van der Waals surface area contributed by atoms with Crippen molar-refractivity contribution in [1.82, 2.24) is 14.7 Å². The normalized spacial score (nSPS) is 13.8. The zero-order valence-corrected chi connectivity index (χ0v) is 14.3. The summed E-state index contributed by atoms with van der Waals surface area (Å²) in [5.74, 6) is 0.424. The summed E-state index contributed by atoms with van der Waals surface area (Å²) < 4.78 is 6.79. The number of amides is 1. The first-order valence-electron chi connectivity index (χ1n) is 7.33. The van der Waals surface area contributed by atoms with Crippen LogP contribution in [-0.2, 0) is 5.60 Å². The van der Waals surface area contributed by atoms with E-state index in [0.717, 1.165) is 5.69 Å². The Hall–Kier alpha value is -2.45. The molecule has 0 saturated heterocycles. The first-order valence-corrected chi connectivity index (χ1v) is 8.21. The number of rotatable bonds is 4. The predicted octanol–water partition coefficient (Wildman–Crippen LogP) is 1.60. The molecule has 3 aromatic rings. The van der Waals surface area contributed by atoms with Crippen LogP contribution in [-0.4, -0.2) is 26.9 Å². The summed E-state index contributed by atoms with van der Waals surface area (Å²) in [4.78, 5) is 29.4. The number of carbonyl (C=O) groups is 1. The third-order valence-electron chi connectivity index (χ3n) is 3.73. The molecule has 0 aliphatic rings. The molecule has 0 bridgehead atoms. The highest BCUT2D eigenvalue weighted by molar-refractivity contribution is 7.15. The van der Waals surface area contributed by atoms with Gasteiger partial charge < -0.3 is 14.8 Å². The Balaban J connectivity index is 1.82. The summed E-state index contributed by atoms with van der Waals surface area (Å²) in [5, 5.41) is 14.8. The molecule has 3 heterocycles. The summed E-state index contributed by atoms with van der Waals surface area (Å²) in [6.07, 6.45) is 1.26. The predicted molar refractivity (Wildman–Crippen MR) is 89.4 cm³/mol. The van der Waals surface area contributed by atoms with Gasteiger partial charge in [0.25, 0.3) is 11.5 Å². The molecule has 0 aliphatic carbocycles. The maximum atomic E-state index is 12.4. The largest absolute Gasteiger partial charge is 0.463 e. The van der Waals surface area contributed by atoms with Crippen LogP contribution in [0.5, 0.6) is 0 Å². The van der Waals surface area contributed by atoms with Gasteiger partial charge in [-0.2, -0.15) is 0 Å². The number of aliphatic hydroxyl groups is 1. The Kier molecular flexibility index (Phi) is 4.02. The van der Waals surface area contributed by atoms with Crippen LogP contribution >= 0.6 is 11.3 Å². The number of hydrogen-bond donors (Lipinski definition) is 2. The van der Waals surface area contributed by atoms with Gasteiger partial charge in [0.1, 0.15) is 22.7 Å². The summed E-state index contributed by atoms with van der Waals surface area (Å²) in [6.45, 7) is 4.98. The fraction of sp³-hybridized carbons (Fsp3) is 0.312. The van der Waals surface area contributed by atoms with Crippen molar-refractivity contribution in [3.8, 4) is 0 Å². The minimum atomic E-state index is -1.38. The molecule has 7 nitrogen and oxygen atoms in total. The number of aryl methyl sites for hydroxylation is 2. The number of furan rings is 1. The first kappa shape index (κ1) is 16.4. The second-order valence-corrected chi connectivity index (χ2v) is 6.68. The lowest BCUT2D eigenvalue weighted by Gasteiger charge is -2.21. The fourth-order valence-electron chi connectivity index (χ4n) is 2.34. The minimum absolute atomic E-state index is 0.0691. The quantitative estimate of drug-likeness (QED) is 0.747. The molecule has 0 saturated carbocycles. The summed E-state index contributed by atoms with van der Waals surface area (Å²) >= 11 is 1.33. The van der Waals surface area contributed by atoms with Crippen molar-refractivity contribution in [1.29, 1.82) is 0 Å². The maximum absolute atomic E-state index is 12.4. The number of aromatic nitrogens is 2. The van der Waals surface area contributed by atoms with E-state index in [0.29, 0.717) is 16.5 Å². The molecule has 1 unspecified atom stereocenters. The Bertz CT molecular complexity index is 967. The molecule has 3 rings (SSSR count). The number of nitrogens with one attached hydrogen (secondary N) is 1. The molecule has 3 aromatic heterocycles. The molecule has 2 N–H and O–H groups in total. The Morgan fingerprint density at radius 2 is 2.21 bits per heavy atom. The number of nitrogens with zero attached hydrogens (tertiary/aromatic N) is 2. The van der Waals surface area contributed by atoms with Gasteiger partial charge in [0.05, 0.1) is 6.54 Å². The van der Waals surface area contributed by atoms with Crippen molar-refractivity contribution in [2.75, 3.05) is 6.54 Å². The number of carbonyl (C=O) groups excluding carboxylic acids is 1. The molecule has 24 heavy (non-hydrogen) atoms. The van der Waals surface area contributed by atoms with E-state index >= 15 is 0 Å². The van der Waals surface area contributed by atoms with Crippen LogP contribution in [0, 0.1) is 13.8 Å². The van der Waals surface area contributed by atoms with Gasteiger partial charge in [-0.05, 0) is 32.9 Å². The van der Waals surface area contributed by atoms with Gasteiger partial charge in [0.15, 0.2) is 4.96 Å². The minimum Gasteiger partial charge on any atom is -0.463 e. The van der Waals surface area contributed by atoms with Crippen molar-refractivity contribution < 1.29 is 14.3 Å². The second kappa shape index (κ2) is 5.88. The van der Waals surface area contributed by atoms with Crippen molar-refractivity contribution in [2.45, 2.75) is 26.4 Å². The molecule has 0 aromatic carbocycles. The van der Waals surface area contributed by atoms with Gasteiger partial charge in [-0.3, -0.25) is 14.0 Å². The smallest absolute Gasteiger partial charge is 0.271 e. The lowest BCUT2D eigenvalue weighted by atomic mass is 10.0. The SMILES string of the molecule is Cc1ccc(C(C)(O)CNC(=O)c2cnc3scc(C)n3c2=O)o1. The molecule has 1 amide bonds. The van der Waals surface area contributed by atoms with Crippen LogP contribution in [0.25, 0.3) is 4.96 Å². The summed E-state index contributed by atoms with van der Waals surface area (Å²) in [7, 11) is 0. The fourth-order valence-corrected chi connectivity index (χ4v) is 3.17. The van der Waals surface area contributed by atoms with Crippen LogP contribution in [0.2, 0.25) is 0 Å². The Labute approximate surface area is 141 Å². The van der Waals surface area contributed by atoms with Gasteiger partial charge in [0.2, 0.25) is 0 Å². The molecular weight excluding hydrogens is 330 g/mol. The van der Waals surface area contributed by atoms with E-state index in [1.807, 2.05) is 0 Å². The standard InChI is InChI=1S/C16H17N3O4S/c1-9-7-24-15-17-6-11(14(21)19(9)15)13(20)18-8-16(3,22)12-5-4-10(2)23-12/h4-7,22H,8H2,1-3H3,(H,18,20). The molecule has 8 heteroatoms. The molecule has 0 aliphatic heterocycles. The van der Waals surface area contributed by atoms with E-state index < -0.39 is 17.1 Å². The molecule has 0 fully saturated rings. The van der Waals surface area contributed by atoms with Gasteiger partial charge >= 0.3 is 0 Å². The monoisotopic (exact) mass is 347 g/mol. The number of hydrogen-bond acceptors (Lipinski definition) is 6. The van der Waals surface area contributed by atoms with Crippen LogP contribution in [0.15, 0.2) is 32.9 Å². The van der Waals surface area contributed by atoms with Crippen LogP contribution in [0.3, 0.4) is 0 Å². The zero-order chi connectivity index (χ0) is 17.5. The van der Waals surface area contributed by atoms with Crippen molar-refractivity contribution in [3.05, 3.63) is 56.8 Å². The van der Waals surface area contributed by atoms with Gasteiger partial charge in [-0.25, -0.2) is 4.98 Å². The third kappa shape index (κ3) is 2.85. The number of thiazole rings is 1. The third-order valence-corrected chi connectivity index (χ3v) is 4.68. The molecule has 1 atom stereocenters. The highest BCUT2D eigenvalue weighted by Crippen LogP contribution is 2.22. The average Bonchev–Trinajstić information content (AvgIpc) is 3.13. The summed E-state index contributed by atoms with van der Waals surface area (Å²) in [5.41, 5.74) is -1.15. The first-order chi connectivity index (χ1) is 11.3. The van der Waals surface area contributed by atoms with Crippen LogP contribution < -0.4 is 10.9 Å². The van der Waals surface area contributed by atoms with Crippen LogP contribution in [0.1, 0.15) is 34.5 Å². The van der Waals surface area contributed by atoms with E-state index in [2.05, 4.69) is 10.3 Å². The topological polar surface area (TPSA) is 96.8 Å². The molecule has 126 valence electrons. The molecular formula is C16H17N3O4S. The average molecular weight is 347 g/mol. The van der Waals surface area contributed by atoms with Crippen molar-refractivity contribution >= 4 is 22.2 Å². The summed E-state index contributed by atoms with van der Waals surface area (Å²) in [6, 6.07) is 3.38. The highest BCUT2D eigenvalue weighted by Gasteiger charge is 2.28. The van der Waals surface area contributed by atoms with E-state index in [9.17, 15) is 14.7 Å². The van der Waals surface area contributed by atoms with E-state index in [4.69, 9.17) is 4.42 Å². The molecule has 0 radical (unpaired) electrons. The maximum Gasteiger partial charge on any atom is 0.271 e. The second-order valence-electron chi connectivity index (χ2n) is 5.84. The van der Waals surface area contributed by atoms with Gasteiger partial charge in [-0.1, -0.05) is 0 Å². The van der Waals surface area contributed by atoms with Gasteiger partial charge in [0, 0.05) is 17.3 Å². The lowest BCUT2D eigenvalue weighted by Crippen LogP contribution is -2.40. The number of fused-ring (bicyclic) bond motifs is 1. The van der Waals surface area contributed by atoms with Crippen LogP contribution in [0.4, 0.5) is 0 Å². The Morgan fingerprint density at radius 1 is 1.46 bits per heavy atom.